The van der Waals surface area contributed by atoms with Crippen LogP contribution in [0.15, 0.2) is 36.4 Å². The van der Waals surface area contributed by atoms with Crippen molar-refractivity contribution in [2.45, 2.75) is 32.6 Å². The molecule has 5 heteroatoms. The zero-order chi connectivity index (χ0) is 18.0. The minimum atomic E-state index is -0.982. The lowest BCUT2D eigenvalue weighted by Gasteiger charge is -2.26. The van der Waals surface area contributed by atoms with Crippen LogP contribution in [-0.2, 0) is 12.8 Å². The monoisotopic (exact) mass is 338 g/mol. The van der Waals surface area contributed by atoms with E-state index < -0.39 is 6.09 Å². The molecule has 25 heavy (non-hydrogen) atoms. The average Bonchev–Trinajstić information content (AvgIpc) is 2.62. The largest absolute Gasteiger partial charge is 0.465 e. The number of anilines is 2. The summed E-state index contributed by atoms with van der Waals surface area (Å²) in [6.45, 7) is 1.98. The van der Waals surface area contributed by atoms with Gasteiger partial charge in [-0.3, -0.25) is 9.69 Å². The maximum atomic E-state index is 12.5. The Morgan fingerprint density at radius 1 is 1.00 bits per heavy atom. The third-order valence-electron chi connectivity index (χ3n) is 4.72. The predicted octanol–water partition coefficient (Wildman–Crippen LogP) is 4.24. The van der Waals surface area contributed by atoms with Gasteiger partial charge in [-0.05, 0) is 68.0 Å². The Kier molecular flexibility index (Phi) is 4.74. The van der Waals surface area contributed by atoms with Crippen LogP contribution in [0.5, 0.6) is 0 Å². The van der Waals surface area contributed by atoms with Crippen LogP contribution in [-0.4, -0.2) is 24.2 Å². The summed E-state index contributed by atoms with van der Waals surface area (Å²) < 4.78 is 0. The van der Waals surface area contributed by atoms with Crippen LogP contribution in [0.2, 0.25) is 0 Å². The van der Waals surface area contributed by atoms with Gasteiger partial charge in [-0.1, -0.05) is 17.7 Å². The molecule has 2 N–H and O–H groups in total. The van der Waals surface area contributed by atoms with E-state index in [1.165, 1.54) is 4.90 Å². The Balaban J connectivity index is 1.93. The molecule has 0 radical (unpaired) electrons. The Labute approximate surface area is 147 Å². The Morgan fingerprint density at radius 3 is 2.28 bits per heavy atom. The first kappa shape index (κ1) is 17.0. The highest BCUT2D eigenvalue weighted by molar-refractivity contribution is 6.05. The highest BCUT2D eigenvalue weighted by Crippen LogP contribution is 2.35. The SMILES string of the molecule is Cc1ccc(C(=O)Nc2ccc(N(C)C(=O)O)c3c2CCCC3)cc1. The fourth-order valence-electron chi connectivity index (χ4n) is 3.28. The van der Waals surface area contributed by atoms with Gasteiger partial charge in [0.1, 0.15) is 0 Å². The third-order valence-corrected chi connectivity index (χ3v) is 4.72. The van der Waals surface area contributed by atoms with E-state index in [9.17, 15) is 14.7 Å². The predicted molar refractivity (Wildman–Crippen MR) is 98.6 cm³/mol. The van der Waals surface area contributed by atoms with Crippen LogP contribution in [0, 0.1) is 6.92 Å². The van der Waals surface area contributed by atoms with Gasteiger partial charge in [-0.15, -0.1) is 0 Å². The molecule has 0 atom stereocenters. The second kappa shape index (κ2) is 6.97. The molecule has 0 bridgehead atoms. The van der Waals surface area contributed by atoms with Crippen LogP contribution in [0.4, 0.5) is 16.2 Å². The van der Waals surface area contributed by atoms with Gasteiger partial charge < -0.3 is 10.4 Å². The topological polar surface area (TPSA) is 69.6 Å². The molecule has 0 aromatic heterocycles. The van der Waals surface area contributed by atoms with Crippen molar-refractivity contribution in [1.29, 1.82) is 0 Å². The molecule has 3 rings (SSSR count). The summed E-state index contributed by atoms with van der Waals surface area (Å²) in [5.41, 5.74) is 5.28. The third kappa shape index (κ3) is 3.50. The zero-order valence-corrected chi connectivity index (χ0v) is 14.5. The van der Waals surface area contributed by atoms with Gasteiger partial charge in [-0.2, -0.15) is 0 Å². The van der Waals surface area contributed by atoms with Crippen LogP contribution in [0.3, 0.4) is 0 Å². The molecule has 0 saturated heterocycles. The number of fused-ring (bicyclic) bond motifs is 1. The van der Waals surface area contributed by atoms with Crippen LogP contribution >= 0.6 is 0 Å². The summed E-state index contributed by atoms with van der Waals surface area (Å²) in [6.07, 6.45) is 2.77. The molecule has 0 fully saturated rings. The summed E-state index contributed by atoms with van der Waals surface area (Å²) in [5, 5.41) is 12.3. The summed E-state index contributed by atoms with van der Waals surface area (Å²) in [6, 6.07) is 11.0. The van der Waals surface area contributed by atoms with Crippen molar-refractivity contribution in [2.75, 3.05) is 17.3 Å². The number of aryl methyl sites for hydroxylation is 1. The van der Waals surface area contributed by atoms with Gasteiger partial charge in [0, 0.05) is 18.3 Å². The normalized spacial score (nSPS) is 13.0. The standard InChI is InChI=1S/C20H22N2O3/c1-13-7-9-14(10-8-13)19(23)21-17-11-12-18(22(2)20(24)25)16-6-4-3-5-15(16)17/h7-12H,3-6H2,1-2H3,(H,21,23)(H,24,25). The molecule has 2 aromatic carbocycles. The number of hydrogen-bond donors (Lipinski definition) is 2. The number of nitrogens with one attached hydrogen (secondary N) is 1. The molecule has 1 aliphatic carbocycles. The van der Waals surface area contributed by atoms with Gasteiger partial charge in [0.15, 0.2) is 0 Å². The van der Waals surface area contributed by atoms with Gasteiger partial charge >= 0.3 is 6.09 Å². The van der Waals surface area contributed by atoms with Gasteiger partial charge in [0.25, 0.3) is 5.91 Å². The van der Waals surface area contributed by atoms with Crippen LogP contribution < -0.4 is 10.2 Å². The number of amides is 2. The highest BCUT2D eigenvalue weighted by Gasteiger charge is 2.22. The molecular weight excluding hydrogens is 316 g/mol. The zero-order valence-electron chi connectivity index (χ0n) is 14.5. The van der Waals surface area contributed by atoms with E-state index in [0.29, 0.717) is 11.3 Å². The van der Waals surface area contributed by atoms with Crippen LogP contribution in [0.1, 0.15) is 39.9 Å². The second-order valence-electron chi connectivity index (χ2n) is 6.46. The fraction of sp³-hybridized carbons (Fsp3) is 0.300. The minimum Gasteiger partial charge on any atom is -0.465 e. The van der Waals surface area contributed by atoms with E-state index in [4.69, 9.17) is 0 Å². The van der Waals surface area contributed by atoms with Crippen molar-refractivity contribution in [3.63, 3.8) is 0 Å². The number of carboxylic acid groups (broad SMARTS) is 1. The molecule has 0 spiro atoms. The van der Waals surface area contributed by atoms with Crippen molar-refractivity contribution in [1.82, 2.24) is 0 Å². The molecule has 0 heterocycles. The molecular formula is C20H22N2O3. The molecule has 2 aromatic rings. The molecule has 0 unspecified atom stereocenters. The van der Waals surface area contributed by atoms with E-state index in [-0.39, 0.29) is 5.91 Å². The second-order valence-corrected chi connectivity index (χ2v) is 6.46. The molecule has 2 amide bonds. The Hall–Kier alpha value is -2.82. The first-order valence-electron chi connectivity index (χ1n) is 8.47. The van der Waals surface area contributed by atoms with Gasteiger partial charge in [0.05, 0.1) is 5.69 Å². The lowest BCUT2D eigenvalue weighted by atomic mass is 9.88. The highest BCUT2D eigenvalue weighted by atomic mass is 16.4. The van der Waals surface area contributed by atoms with Crippen molar-refractivity contribution in [3.05, 3.63) is 58.7 Å². The van der Waals surface area contributed by atoms with Crippen molar-refractivity contribution >= 4 is 23.4 Å². The van der Waals surface area contributed by atoms with E-state index >= 15 is 0 Å². The number of benzene rings is 2. The number of nitrogens with zero attached hydrogens (tertiary/aromatic N) is 1. The molecule has 5 nitrogen and oxygen atoms in total. The molecule has 1 aliphatic rings. The average molecular weight is 338 g/mol. The van der Waals surface area contributed by atoms with E-state index in [1.807, 2.05) is 37.3 Å². The van der Waals surface area contributed by atoms with E-state index in [2.05, 4.69) is 5.32 Å². The maximum absolute atomic E-state index is 12.5. The van der Waals surface area contributed by atoms with Crippen molar-refractivity contribution in [3.8, 4) is 0 Å². The van der Waals surface area contributed by atoms with Gasteiger partial charge in [-0.25, -0.2) is 4.79 Å². The number of carbonyl (C=O) groups is 2. The van der Waals surface area contributed by atoms with E-state index in [1.54, 1.807) is 13.1 Å². The van der Waals surface area contributed by atoms with Crippen molar-refractivity contribution < 1.29 is 14.7 Å². The minimum absolute atomic E-state index is 0.146. The maximum Gasteiger partial charge on any atom is 0.411 e. The number of hydrogen-bond acceptors (Lipinski definition) is 2. The van der Waals surface area contributed by atoms with Crippen molar-refractivity contribution in [2.24, 2.45) is 0 Å². The smallest absolute Gasteiger partial charge is 0.411 e. The van der Waals surface area contributed by atoms with E-state index in [0.717, 1.165) is 48.1 Å². The summed E-state index contributed by atoms with van der Waals surface area (Å²) in [5.74, 6) is -0.146. The first-order valence-corrected chi connectivity index (χ1v) is 8.47. The van der Waals surface area contributed by atoms with Crippen LogP contribution in [0.25, 0.3) is 0 Å². The van der Waals surface area contributed by atoms with Gasteiger partial charge in [0.2, 0.25) is 0 Å². The number of carbonyl (C=O) groups excluding carboxylic acids is 1. The summed E-state index contributed by atoms with van der Waals surface area (Å²) >= 11 is 0. The Morgan fingerprint density at radius 2 is 1.64 bits per heavy atom. The Bertz CT molecular complexity index is 812. The summed E-state index contributed by atoms with van der Waals surface area (Å²) in [7, 11) is 1.55. The lowest BCUT2D eigenvalue weighted by Crippen LogP contribution is -2.26. The number of rotatable bonds is 3. The molecule has 0 aliphatic heterocycles. The molecule has 0 saturated carbocycles. The quantitative estimate of drug-likeness (QED) is 0.879. The fourth-order valence-corrected chi connectivity index (χ4v) is 3.28. The molecule has 130 valence electrons. The summed E-state index contributed by atoms with van der Waals surface area (Å²) in [4.78, 5) is 25.1. The lowest BCUT2D eigenvalue weighted by molar-refractivity contribution is 0.102. The first-order chi connectivity index (χ1) is 12.0.